The fourth-order valence-electron chi connectivity index (χ4n) is 3.65. The molecule has 2 heterocycles. The van der Waals surface area contributed by atoms with Crippen molar-refractivity contribution in [2.24, 2.45) is 0 Å². The Morgan fingerprint density at radius 3 is 2.48 bits per heavy atom. The number of ether oxygens (including phenoxy) is 1. The molecule has 0 aliphatic carbocycles. The van der Waals surface area contributed by atoms with Crippen molar-refractivity contribution in [3.63, 3.8) is 0 Å². The third-order valence-electron chi connectivity index (χ3n) is 4.81. The van der Waals surface area contributed by atoms with Crippen LogP contribution < -0.4 is 5.32 Å². The van der Waals surface area contributed by atoms with Crippen molar-refractivity contribution >= 4 is 33.0 Å². The van der Waals surface area contributed by atoms with Crippen LogP contribution in [-0.4, -0.2) is 36.1 Å². The van der Waals surface area contributed by atoms with Crippen molar-refractivity contribution in [3.8, 4) is 0 Å². The molecule has 0 unspecified atom stereocenters. The van der Waals surface area contributed by atoms with E-state index in [4.69, 9.17) is 4.74 Å². The van der Waals surface area contributed by atoms with Crippen molar-refractivity contribution in [2.75, 3.05) is 18.4 Å². The molecule has 27 heavy (non-hydrogen) atoms. The number of anilines is 1. The Hall–Kier alpha value is -2.37. The lowest BCUT2D eigenvalue weighted by Gasteiger charge is -2.35. The van der Waals surface area contributed by atoms with Crippen LogP contribution in [0.3, 0.4) is 0 Å². The van der Waals surface area contributed by atoms with Gasteiger partial charge < -0.3 is 15.0 Å². The molecule has 0 radical (unpaired) electrons. The molecule has 1 fully saturated rings. The number of fused-ring (bicyclic) bond motifs is 1. The van der Waals surface area contributed by atoms with E-state index >= 15 is 0 Å². The first-order chi connectivity index (χ1) is 13.1. The predicted molar refractivity (Wildman–Crippen MR) is 112 cm³/mol. The second-order valence-corrected chi connectivity index (χ2v) is 8.16. The first-order valence-electron chi connectivity index (χ1n) is 9.36. The van der Waals surface area contributed by atoms with Gasteiger partial charge in [0.1, 0.15) is 4.88 Å². The van der Waals surface area contributed by atoms with Crippen molar-refractivity contribution < 1.29 is 9.53 Å². The van der Waals surface area contributed by atoms with Gasteiger partial charge in [0.05, 0.1) is 17.9 Å². The van der Waals surface area contributed by atoms with Crippen LogP contribution in [0.25, 0.3) is 10.1 Å². The van der Waals surface area contributed by atoms with E-state index in [9.17, 15) is 4.79 Å². The van der Waals surface area contributed by atoms with E-state index in [0.29, 0.717) is 19.6 Å². The van der Waals surface area contributed by atoms with Crippen LogP contribution in [0.5, 0.6) is 0 Å². The number of morpholine rings is 1. The summed E-state index contributed by atoms with van der Waals surface area (Å²) in [7, 11) is 0. The average molecular weight is 381 g/mol. The molecule has 4 rings (SSSR count). The number of rotatable bonds is 4. The molecule has 2 atom stereocenters. The molecule has 0 bridgehead atoms. The number of carbonyl (C=O) groups is 1. The Labute approximate surface area is 163 Å². The quantitative estimate of drug-likeness (QED) is 0.709. The minimum Gasteiger partial charge on any atom is -0.379 e. The van der Waals surface area contributed by atoms with Crippen LogP contribution >= 0.6 is 11.3 Å². The maximum atomic E-state index is 13.3. The third kappa shape index (κ3) is 3.84. The molecule has 1 N–H and O–H groups in total. The molecular weight excluding hydrogens is 356 g/mol. The van der Waals surface area contributed by atoms with Crippen LogP contribution in [-0.2, 0) is 11.3 Å². The molecule has 0 saturated carbocycles. The average Bonchev–Trinajstić information content (AvgIpc) is 3.04. The number of amides is 1. The lowest BCUT2D eigenvalue weighted by molar-refractivity contribution is -0.0584. The molecule has 1 amide bonds. The minimum atomic E-state index is 0.0628. The van der Waals surface area contributed by atoms with Gasteiger partial charge in [0.15, 0.2) is 0 Å². The summed E-state index contributed by atoms with van der Waals surface area (Å²) in [6.45, 7) is 6.01. The normalized spacial score (nSPS) is 20.0. The van der Waals surface area contributed by atoms with E-state index in [-0.39, 0.29) is 18.1 Å². The monoisotopic (exact) mass is 380 g/mol. The van der Waals surface area contributed by atoms with Gasteiger partial charge in [-0.25, -0.2) is 0 Å². The van der Waals surface area contributed by atoms with Crippen LogP contribution in [0.15, 0.2) is 54.6 Å². The summed E-state index contributed by atoms with van der Waals surface area (Å²) in [6, 6.07) is 18.5. The van der Waals surface area contributed by atoms with E-state index in [2.05, 4.69) is 29.6 Å². The number of benzene rings is 2. The van der Waals surface area contributed by atoms with E-state index in [1.165, 1.54) is 5.56 Å². The Bertz CT molecular complexity index is 928. The third-order valence-corrected chi connectivity index (χ3v) is 5.97. The van der Waals surface area contributed by atoms with E-state index in [1.807, 2.05) is 49.1 Å². The molecule has 140 valence electrons. The predicted octanol–water partition coefficient (Wildman–Crippen LogP) is 4.76. The van der Waals surface area contributed by atoms with Gasteiger partial charge in [-0.3, -0.25) is 4.79 Å². The largest absolute Gasteiger partial charge is 0.379 e. The molecule has 0 spiro atoms. The second-order valence-electron chi connectivity index (χ2n) is 7.11. The van der Waals surface area contributed by atoms with Gasteiger partial charge in [0, 0.05) is 29.7 Å². The summed E-state index contributed by atoms with van der Waals surface area (Å²) in [4.78, 5) is 16.0. The number of hydrogen-bond donors (Lipinski definition) is 1. The zero-order valence-corrected chi connectivity index (χ0v) is 16.5. The molecule has 5 heteroatoms. The number of thiophene rings is 1. The zero-order chi connectivity index (χ0) is 18.8. The highest BCUT2D eigenvalue weighted by Crippen LogP contribution is 2.37. The van der Waals surface area contributed by atoms with E-state index < -0.39 is 0 Å². The summed E-state index contributed by atoms with van der Waals surface area (Å²) in [6.07, 6.45) is 0.126. The van der Waals surface area contributed by atoms with Crippen LogP contribution in [0.1, 0.15) is 29.1 Å². The van der Waals surface area contributed by atoms with Crippen molar-refractivity contribution in [3.05, 3.63) is 65.0 Å². The van der Waals surface area contributed by atoms with Crippen LogP contribution in [0.2, 0.25) is 0 Å². The first-order valence-corrected chi connectivity index (χ1v) is 10.2. The number of nitrogens with one attached hydrogen (secondary N) is 1. The molecule has 3 aromatic rings. The maximum Gasteiger partial charge on any atom is 0.266 e. The molecular formula is C22H24N2O2S. The first kappa shape index (κ1) is 18.0. The molecule has 2 aromatic carbocycles. The van der Waals surface area contributed by atoms with Crippen LogP contribution in [0.4, 0.5) is 5.69 Å². The minimum absolute atomic E-state index is 0.0628. The topological polar surface area (TPSA) is 41.6 Å². The second kappa shape index (κ2) is 7.71. The lowest BCUT2D eigenvalue weighted by atomic mass is 10.1. The van der Waals surface area contributed by atoms with E-state index in [0.717, 1.165) is 20.7 Å². The maximum absolute atomic E-state index is 13.3. The van der Waals surface area contributed by atoms with Crippen molar-refractivity contribution in [1.29, 1.82) is 0 Å². The fraction of sp³-hybridized carbons (Fsp3) is 0.318. The standard InChI is InChI=1S/C22H24N2O2S/c1-15-13-24(14-16(2)26-15)22(25)21-20(18-10-6-7-11-19(18)27-21)23-12-17-8-4-3-5-9-17/h3-11,15-16,23H,12-14H2,1-2H3/t15-,16+. The summed E-state index contributed by atoms with van der Waals surface area (Å²) in [5.41, 5.74) is 2.14. The molecule has 1 saturated heterocycles. The van der Waals surface area contributed by atoms with E-state index in [1.54, 1.807) is 11.3 Å². The SMILES string of the molecule is C[C@@H]1CN(C(=O)c2sc3ccccc3c2NCc2ccccc2)C[C@H](C)O1. The summed E-state index contributed by atoms with van der Waals surface area (Å²) in [5.74, 6) is 0.0914. The number of hydrogen-bond acceptors (Lipinski definition) is 4. The molecule has 4 nitrogen and oxygen atoms in total. The Morgan fingerprint density at radius 1 is 1.07 bits per heavy atom. The molecule has 1 aliphatic rings. The smallest absolute Gasteiger partial charge is 0.266 e. The number of nitrogens with zero attached hydrogens (tertiary/aromatic N) is 1. The highest BCUT2D eigenvalue weighted by atomic mass is 32.1. The van der Waals surface area contributed by atoms with Crippen LogP contribution in [0, 0.1) is 0 Å². The van der Waals surface area contributed by atoms with Gasteiger partial charge in [-0.15, -0.1) is 11.3 Å². The zero-order valence-electron chi connectivity index (χ0n) is 15.6. The summed E-state index contributed by atoms with van der Waals surface area (Å²) >= 11 is 1.57. The fourth-order valence-corrected chi connectivity index (χ4v) is 4.79. The Morgan fingerprint density at radius 2 is 1.74 bits per heavy atom. The summed E-state index contributed by atoms with van der Waals surface area (Å²) < 4.78 is 6.92. The van der Waals surface area contributed by atoms with Gasteiger partial charge in [-0.1, -0.05) is 48.5 Å². The summed E-state index contributed by atoms with van der Waals surface area (Å²) in [5, 5.41) is 4.63. The van der Waals surface area contributed by atoms with Gasteiger partial charge in [0.25, 0.3) is 5.91 Å². The van der Waals surface area contributed by atoms with Crippen molar-refractivity contribution in [1.82, 2.24) is 4.90 Å². The van der Waals surface area contributed by atoms with Crippen molar-refractivity contribution in [2.45, 2.75) is 32.6 Å². The van der Waals surface area contributed by atoms with Gasteiger partial charge in [-0.05, 0) is 25.5 Å². The Balaban J connectivity index is 1.66. The Kier molecular flexibility index (Phi) is 5.14. The molecule has 1 aromatic heterocycles. The highest BCUT2D eigenvalue weighted by Gasteiger charge is 2.29. The molecule has 1 aliphatic heterocycles. The van der Waals surface area contributed by atoms with Gasteiger partial charge in [-0.2, -0.15) is 0 Å². The van der Waals surface area contributed by atoms with Gasteiger partial charge >= 0.3 is 0 Å². The number of carbonyl (C=O) groups excluding carboxylic acids is 1. The lowest BCUT2D eigenvalue weighted by Crippen LogP contribution is -2.48. The van der Waals surface area contributed by atoms with Gasteiger partial charge in [0.2, 0.25) is 0 Å². The highest BCUT2D eigenvalue weighted by molar-refractivity contribution is 7.21.